The zero-order valence-corrected chi connectivity index (χ0v) is 17.5. The third-order valence-electron chi connectivity index (χ3n) is 5.06. The van der Waals surface area contributed by atoms with Crippen LogP contribution in [0.15, 0.2) is 30.6 Å². The van der Waals surface area contributed by atoms with Crippen LogP contribution in [0.1, 0.15) is 94.9 Å². The Bertz CT molecular complexity index is 765. The van der Waals surface area contributed by atoms with Crippen LogP contribution >= 0.6 is 0 Å². The Morgan fingerprint density at radius 1 is 1.04 bits per heavy atom. The quantitative estimate of drug-likeness (QED) is 0.684. The summed E-state index contributed by atoms with van der Waals surface area (Å²) >= 11 is 0. The van der Waals surface area contributed by atoms with Crippen LogP contribution < -0.4 is 0 Å². The standard InChI is InChI=1S/C23H33NO2/c1-9-15(2)24-11-10-16(14-24)20(25)17-12-18(22(3,4)5)21(26)19(13-17)23(6,7)8/h10-15,26H,9H2,1-8H3. The van der Waals surface area contributed by atoms with E-state index >= 15 is 0 Å². The first kappa shape index (κ1) is 20.3. The molecule has 0 fully saturated rings. The molecule has 0 saturated carbocycles. The summed E-state index contributed by atoms with van der Waals surface area (Å²) in [6, 6.07) is 5.96. The van der Waals surface area contributed by atoms with Crippen molar-refractivity contribution in [2.24, 2.45) is 0 Å². The predicted molar refractivity (Wildman–Crippen MR) is 108 cm³/mol. The van der Waals surface area contributed by atoms with E-state index in [2.05, 4.69) is 60.0 Å². The molecule has 1 aromatic carbocycles. The van der Waals surface area contributed by atoms with Gasteiger partial charge in [-0.2, -0.15) is 0 Å². The molecule has 1 N–H and O–H groups in total. The first-order valence-electron chi connectivity index (χ1n) is 9.46. The molecule has 3 heteroatoms. The van der Waals surface area contributed by atoms with Gasteiger partial charge in [0.1, 0.15) is 5.75 Å². The van der Waals surface area contributed by atoms with Crippen LogP contribution in [0.2, 0.25) is 0 Å². The van der Waals surface area contributed by atoms with Gasteiger partial charge in [0.15, 0.2) is 5.78 Å². The van der Waals surface area contributed by atoms with Crippen LogP contribution in [0.4, 0.5) is 0 Å². The number of aromatic nitrogens is 1. The molecular formula is C23H33NO2. The number of carbonyl (C=O) groups is 1. The molecule has 2 rings (SSSR count). The molecule has 2 aromatic rings. The summed E-state index contributed by atoms with van der Waals surface area (Å²) in [5, 5.41) is 10.8. The highest BCUT2D eigenvalue weighted by atomic mass is 16.3. The Morgan fingerprint density at radius 3 is 1.96 bits per heavy atom. The Labute approximate surface area is 158 Å². The van der Waals surface area contributed by atoms with Gasteiger partial charge < -0.3 is 9.67 Å². The Kier molecular flexibility index (Phi) is 5.41. The molecule has 0 aliphatic rings. The zero-order valence-electron chi connectivity index (χ0n) is 17.5. The van der Waals surface area contributed by atoms with E-state index in [0.29, 0.717) is 22.9 Å². The third kappa shape index (κ3) is 4.03. The van der Waals surface area contributed by atoms with Crippen LogP contribution in [0.3, 0.4) is 0 Å². The number of rotatable bonds is 4. The monoisotopic (exact) mass is 355 g/mol. The minimum atomic E-state index is -0.247. The van der Waals surface area contributed by atoms with Crippen LogP contribution in [0.5, 0.6) is 5.75 Å². The fourth-order valence-electron chi connectivity index (χ4n) is 3.11. The normalized spacial score (nSPS) is 13.7. The van der Waals surface area contributed by atoms with Crippen LogP contribution in [0, 0.1) is 0 Å². The first-order valence-corrected chi connectivity index (χ1v) is 9.46. The molecule has 0 aliphatic carbocycles. The Balaban J connectivity index is 2.58. The fraction of sp³-hybridized carbons (Fsp3) is 0.522. The number of aromatic hydroxyl groups is 1. The van der Waals surface area contributed by atoms with E-state index in [1.54, 1.807) is 0 Å². The molecule has 1 aromatic heterocycles. The third-order valence-corrected chi connectivity index (χ3v) is 5.06. The number of ketones is 1. The number of carbonyl (C=O) groups excluding carboxylic acids is 1. The van der Waals surface area contributed by atoms with E-state index in [1.165, 1.54) is 0 Å². The van der Waals surface area contributed by atoms with Crippen molar-refractivity contribution in [3.05, 3.63) is 52.8 Å². The lowest BCUT2D eigenvalue weighted by molar-refractivity contribution is 0.103. The topological polar surface area (TPSA) is 42.2 Å². The molecule has 142 valence electrons. The number of phenolic OH excluding ortho intramolecular Hbond substituents is 1. The summed E-state index contributed by atoms with van der Waals surface area (Å²) in [5.74, 6) is 0.307. The van der Waals surface area contributed by atoms with Gasteiger partial charge in [0.2, 0.25) is 0 Å². The number of hydrogen-bond acceptors (Lipinski definition) is 2. The first-order chi connectivity index (χ1) is 11.9. The SMILES string of the molecule is CCC(C)n1ccc(C(=O)c2cc(C(C)(C)C)c(O)c(C(C)(C)C)c2)c1. The minimum absolute atomic E-state index is 0.00283. The second-order valence-electron chi connectivity index (χ2n) is 9.35. The maximum absolute atomic E-state index is 13.1. The molecule has 1 atom stereocenters. The molecule has 0 bridgehead atoms. The highest BCUT2D eigenvalue weighted by Crippen LogP contribution is 2.40. The highest BCUT2D eigenvalue weighted by Gasteiger charge is 2.28. The second kappa shape index (κ2) is 6.94. The van der Waals surface area contributed by atoms with Gasteiger partial charge in [0.25, 0.3) is 0 Å². The smallest absolute Gasteiger partial charge is 0.194 e. The average molecular weight is 356 g/mol. The van der Waals surface area contributed by atoms with Crippen molar-refractivity contribution in [2.45, 2.75) is 78.7 Å². The average Bonchev–Trinajstić information content (AvgIpc) is 3.01. The molecule has 3 nitrogen and oxygen atoms in total. The van der Waals surface area contributed by atoms with Gasteiger partial charge in [-0.25, -0.2) is 0 Å². The van der Waals surface area contributed by atoms with Crippen molar-refractivity contribution in [1.82, 2.24) is 4.57 Å². The van der Waals surface area contributed by atoms with E-state index in [4.69, 9.17) is 0 Å². The Morgan fingerprint density at radius 2 is 1.54 bits per heavy atom. The van der Waals surface area contributed by atoms with Gasteiger partial charge in [-0.05, 0) is 42.4 Å². The molecular weight excluding hydrogens is 322 g/mol. The van der Waals surface area contributed by atoms with E-state index in [-0.39, 0.29) is 16.6 Å². The summed E-state index contributed by atoms with van der Waals surface area (Å²) < 4.78 is 2.09. The molecule has 1 heterocycles. The van der Waals surface area contributed by atoms with Gasteiger partial charge >= 0.3 is 0 Å². The van der Waals surface area contributed by atoms with Crippen molar-refractivity contribution in [1.29, 1.82) is 0 Å². The molecule has 1 unspecified atom stereocenters. The van der Waals surface area contributed by atoms with Crippen LogP contribution in [0.25, 0.3) is 0 Å². The van der Waals surface area contributed by atoms with Gasteiger partial charge in [-0.1, -0.05) is 48.5 Å². The van der Waals surface area contributed by atoms with Gasteiger partial charge in [0.05, 0.1) is 0 Å². The molecule has 0 amide bonds. The van der Waals surface area contributed by atoms with Crippen molar-refractivity contribution in [2.75, 3.05) is 0 Å². The number of phenols is 1. The summed E-state index contributed by atoms with van der Waals surface area (Å²) in [6.45, 7) is 16.6. The lowest BCUT2D eigenvalue weighted by atomic mass is 9.78. The summed E-state index contributed by atoms with van der Waals surface area (Å²) in [4.78, 5) is 13.1. The van der Waals surface area contributed by atoms with E-state index < -0.39 is 0 Å². The van der Waals surface area contributed by atoms with Crippen molar-refractivity contribution < 1.29 is 9.90 Å². The van der Waals surface area contributed by atoms with Gasteiger partial charge in [-0.3, -0.25) is 4.79 Å². The van der Waals surface area contributed by atoms with E-state index in [9.17, 15) is 9.90 Å². The molecule has 26 heavy (non-hydrogen) atoms. The molecule has 0 radical (unpaired) electrons. The van der Waals surface area contributed by atoms with E-state index in [0.717, 1.165) is 17.5 Å². The number of nitrogens with zero attached hydrogens (tertiary/aromatic N) is 1. The zero-order chi connectivity index (χ0) is 19.9. The van der Waals surface area contributed by atoms with Crippen LogP contribution in [-0.4, -0.2) is 15.5 Å². The maximum atomic E-state index is 13.1. The highest BCUT2D eigenvalue weighted by molar-refractivity contribution is 6.09. The summed E-state index contributed by atoms with van der Waals surface area (Å²) in [5.41, 5.74) is 2.46. The number of hydrogen-bond donors (Lipinski definition) is 1. The minimum Gasteiger partial charge on any atom is -0.507 e. The van der Waals surface area contributed by atoms with Gasteiger partial charge in [0, 0.05) is 40.7 Å². The molecule has 0 spiro atoms. The second-order valence-corrected chi connectivity index (χ2v) is 9.35. The summed E-state index contributed by atoms with van der Waals surface area (Å²) in [6.07, 6.45) is 4.91. The largest absolute Gasteiger partial charge is 0.507 e. The van der Waals surface area contributed by atoms with Crippen molar-refractivity contribution in [3.63, 3.8) is 0 Å². The maximum Gasteiger partial charge on any atom is 0.194 e. The summed E-state index contributed by atoms with van der Waals surface area (Å²) in [7, 11) is 0. The van der Waals surface area contributed by atoms with E-state index in [1.807, 2.05) is 30.6 Å². The van der Waals surface area contributed by atoms with Gasteiger partial charge in [-0.15, -0.1) is 0 Å². The Hall–Kier alpha value is -2.03. The molecule has 0 aliphatic heterocycles. The number of benzene rings is 1. The van der Waals surface area contributed by atoms with Crippen molar-refractivity contribution >= 4 is 5.78 Å². The van der Waals surface area contributed by atoms with Crippen molar-refractivity contribution in [3.8, 4) is 5.75 Å². The lowest BCUT2D eigenvalue weighted by Crippen LogP contribution is -2.19. The fourth-order valence-corrected chi connectivity index (χ4v) is 3.11. The lowest BCUT2D eigenvalue weighted by Gasteiger charge is -2.28. The van der Waals surface area contributed by atoms with Crippen LogP contribution in [-0.2, 0) is 10.8 Å². The predicted octanol–water partition coefficient (Wildman–Crippen LogP) is 5.99. The molecule has 0 saturated heterocycles.